The number of rotatable bonds is 8. The van der Waals surface area contributed by atoms with Crippen molar-refractivity contribution in [2.45, 2.75) is 12.8 Å². The smallest absolute Gasteiger partial charge is 0.275 e. The standard InChI is InChI=1S/C22H20N6O3S/c23-7-1-2-15-16-10-13(3-4-17(16)26-18(15)11-29)20(30)28-22-27-19(12-32-22)21(31)25-14-5-8-24-9-6-14/h3-6,8-12,26H,1-2,7,23H2,(H,24,25,31)(H,27,28,30). The van der Waals surface area contributed by atoms with E-state index >= 15 is 0 Å². The Labute approximate surface area is 187 Å². The number of nitrogens with zero attached hydrogens (tertiary/aromatic N) is 2. The quantitative estimate of drug-likeness (QED) is 0.305. The van der Waals surface area contributed by atoms with E-state index in [1.807, 2.05) is 0 Å². The number of benzene rings is 1. The molecule has 2 amide bonds. The molecule has 4 rings (SSSR count). The van der Waals surface area contributed by atoms with Gasteiger partial charge in [-0.1, -0.05) is 0 Å². The Morgan fingerprint density at radius 1 is 1.12 bits per heavy atom. The van der Waals surface area contributed by atoms with Gasteiger partial charge in [-0.3, -0.25) is 24.7 Å². The minimum atomic E-state index is -0.382. The Morgan fingerprint density at radius 3 is 2.69 bits per heavy atom. The Balaban J connectivity index is 1.50. The Morgan fingerprint density at radius 2 is 1.94 bits per heavy atom. The summed E-state index contributed by atoms with van der Waals surface area (Å²) in [6.07, 6.45) is 5.29. The topological polar surface area (TPSA) is 143 Å². The van der Waals surface area contributed by atoms with Gasteiger partial charge < -0.3 is 16.0 Å². The van der Waals surface area contributed by atoms with Crippen LogP contribution in [-0.4, -0.2) is 39.6 Å². The van der Waals surface area contributed by atoms with E-state index in [1.165, 1.54) is 0 Å². The van der Waals surface area contributed by atoms with Crippen molar-refractivity contribution in [3.05, 3.63) is 70.6 Å². The zero-order chi connectivity index (χ0) is 22.5. The van der Waals surface area contributed by atoms with Gasteiger partial charge in [0.2, 0.25) is 0 Å². The highest BCUT2D eigenvalue weighted by atomic mass is 32.1. The van der Waals surface area contributed by atoms with Gasteiger partial charge >= 0.3 is 0 Å². The van der Waals surface area contributed by atoms with Crippen molar-refractivity contribution in [1.29, 1.82) is 0 Å². The molecule has 9 nitrogen and oxygen atoms in total. The van der Waals surface area contributed by atoms with Crippen molar-refractivity contribution >= 4 is 51.2 Å². The molecule has 0 saturated heterocycles. The largest absolute Gasteiger partial charge is 0.352 e. The molecule has 5 N–H and O–H groups in total. The first-order valence-electron chi connectivity index (χ1n) is 9.87. The van der Waals surface area contributed by atoms with Gasteiger partial charge in [-0.2, -0.15) is 0 Å². The minimum Gasteiger partial charge on any atom is -0.352 e. The molecule has 0 atom stereocenters. The maximum atomic E-state index is 12.8. The Kier molecular flexibility index (Phi) is 6.34. The molecule has 0 radical (unpaired) electrons. The molecule has 4 aromatic rings. The average Bonchev–Trinajstić information content (AvgIpc) is 3.42. The third-order valence-electron chi connectivity index (χ3n) is 4.85. The lowest BCUT2D eigenvalue weighted by atomic mass is 10.0. The number of amides is 2. The number of thiazole rings is 1. The first-order chi connectivity index (χ1) is 15.6. The second-order valence-corrected chi connectivity index (χ2v) is 7.83. The van der Waals surface area contributed by atoms with Crippen LogP contribution in [0, 0.1) is 0 Å². The third-order valence-corrected chi connectivity index (χ3v) is 5.60. The molecule has 162 valence electrons. The van der Waals surface area contributed by atoms with Crippen molar-refractivity contribution in [2.75, 3.05) is 17.2 Å². The third kappa shape index (κ3) is 4.56. The van der Waals surface area contributed by atoms with Crippen molar-refractivity contribution in [3.8, 4) is 0 Å². The minimum absolute atomic E-state index is 0.197. The summed E-state index contributed by atoms with van der Waals surface area (Å²) in [5.74, 6) is -0.742. The number of fused-ring (bicyclic) bond motifs is 1. The van der Waals surface area contributed by atoms with E-state index in [2.05, 4.69) is 25.6 Å². The lowest BCUT2D eigenvalue weighted by Crippen LogP contribution is -2.14. The number of nitrogens with one attached hydrogen (secondary N) is 3. The highest BCUT2D eigenvalue weighted by Crippen LogP contribution is 2.25. The van der Waals surface area contributed by atoms with E-state index in [9.17, 15) is 14.4 Å². The lowest BCUT2D eigenvalue weighted by molar-refractivity contribution is 0.101. The molecule has 1 aromatic carbocycles. The predicted molar refractivity (Wildman–Crippen MR) is 123 cm³/mol. The Bertz CT molecular complexity index is 1280. The summed E-state index contributed by atoms with van der Waals surface area (Å²) in [5.41, 5.74) is 8.95. The fraction of sp³-hybridized carbons (Fsp3) is 0.136. The number of aromatic amines is 1. The number of aromatic nitrogens is 3. The summed E-state index contributed by atoms with van der Waals surface area (Å²) >= 11 is 1.15. The molecule has 32 heavy (non-hydrogen) atoms. The van der Waals surface area contributed by atoms with Gasteiger partial charge in [0.25, 0.3) is 11.8 Å². The van der Waals surface area contributed by atoms with Crippen LogP contribution in [0.25, 0.3) is 10.9 Å². The second-order valence-electron chi connectivity index (χ2n) is 6.97. The number of carbonyl (C=O) groups excluding carboxylic acids is 3. The molecule has 0 aliphatic rings. The van der Waals surface area contributed by atoms with Crippen molar-refractivity contribution in [1.82, 2.24) is 15.0 Å². The van der Waals surface area contributed by atoms with Gasteiger partial charge in [0, 0.05) is 39.9 Å². The number of hydrogen-bond acceptors (Lipinski definition) is 7. The summed E-state index contributed by atoms with van der Waals surface area (Å²) in [5, 5.41) is 8.13. The van der Waals surface area contributed by atoms with Gasteiger partial charge in [-0.25, -0.2) is 4.98 Å². The molecule has 3 aromatic heterocycles. The molecule has 0 bridgehead atoms. The molecule has 0 saturated carbocycles. The van der Waals surface area contributed by atoms with Crippen LogP contribution in [-0.2, 0) is 6.42 Å². The number of aryl methyl sites for hydroxylation is 1. The number of nitrogens with two attached hydrogens (primary N) is 1. The van der Waals surface area contributed by atoms with Crippen LogP contribution in [0.5, 0.6) is 0 Å². The van der Waals surface area contributed by atoms with Gasteiger partial charge in [-0.15, -0.1) is 11.3 Å². The summed E-state index contributed by atoms with van der Waals surface area (Å²) < 4.78 is 0. The molecule has 0 aliphatic heterocycles. The zero-order valence-electron chi connectivity index (χ0n) is 16.9. The first kappa shape index (κ1) is 21.3. The molecule has 10 heteroatoms. The lowest BCUT2D eigenvalue weighted by Gasteiger charge is -2.04. The number of anilines is 2. The predicted octanol–water partition coefficient (Wildman–Crippen LogP) is 3.23. The van der Waals surface area contributed by atoms with Gasteiger partial charge in [0.1, 0.15) is 5.69 Å². The molecular formula is C22H20N6O3S. The van der Waals surface area contributed by atoms with E-state index in [0.29, 0.717) is 35.0 Å². The monoisotopic (exact) mass is 448 g/mol. The highest BCUT2D eigenvalue weighted by Gasteiger charge is 2.16. The summed E-state index contributed by atoms with van der Waals surface area (Å²) in [7, 11) is 0. The fourth-order valence-corrected chi connectivity index (χ4v) is 3.98. The van der Waals surface area contributed by atoms with Gasteiger partial charge in [0.05, 0.1) is 5.69 Å². The summed E-state index contributed by atoms with van der Waals surface area (Å²) in [6, 6.07) is 8.51. The van der Waals surface area contributed by atoms with Crippen molar-refractivity contribution < 1.29 is 14.4 Å². The number of H-pyrrole nitrogens is 1. The fourth-order valence-electron chi connectivity index (χ4n) is 3.29. The number of pyridine rings is 1. The van der Waals surface area contributed by atoms with Crippen LogP contribution in [0.15, 0.2) is 48.1 Å². The van der Waals surface area contributed by atoms with Gasteiger partial charge in [0.15, 0.2) is 11.4 Å². The normalized spacial score (nSPS) is 10.8. The molecule has 0 unspecified atom stereocenters. The molecule has 0 fully saturated rings. The molecule has 0 spiro atoms. The number of carbonyl (C=O) groups is 3. The molecule has 0 aliphatic carbocycles. The second kappa shape index (κ2) is 9.50. The number of aldehydes is 1. The van der Waals surface area contributed by atoms with Crippen LogP contribution in [0.3, 0.4) is 0 Å². The van der Waals surface area contributed by atoms with Crippen molar-refractivity contribution in [3.63, 3.8) is 0 Å². The van der Waals surface area contributed by atoms with E-state index in [1.54, 1.807) is 48.1 Å². The SMILES string of the molecule is NCCCc1c(C=O)[nH]c2ccc(C(=O)Nc3nc(C(=O)Nc4ccncc4)cs3)cc12. The maximum absolute atomic E-state index is 12.8. The highest BCUT2D eigenvalue weighted by molar-refractivity contribution is 7.14. The van der Waals surface area contributed by atoms with Crippen molar-refractivity contribution in [2.24, 2.45) is 5.73 Å². The van der Waals surface area contributed by atoms with E-state index in [-0.39, 0.29) is 17.5 Å². The van der Waals surface area contributed by atoms with Crippen LogP contribution in [0.4, 0.5) is 10.8 Å². The molecular weight excluding hydrogens is 428 g/mol. The first-order valence-corrected chi connectivity index (χ1v) is 10.7. The Hall–Kier alpha value is -3.89. The van der Waals surface area contributed by atoms with Crippen LogP contribution >= 0.6 is 11.3 Å². The van der Waals surface area contributed by atoms with Crippen LogP contribution in [0.1, 0.15) is 43.3 Å². The van der Waals surface area contributed by atoms with E-state index in [4.69, 9.17) is 5.73 Å². The zero-order valence-corrected chi connectivity index (χ0v) is 17.7. The summed E-state index contributed by atoms with van der Waals surface area (Å²) in [4.78, 5) is 47.7. The van der Waals surface area contributed by atoms with Crippen LogP contribution in [0.2, 0.25) is 0 Å². The summed E-state index contributed by atoms with van der Waals surface area (Å²) in [6.45, 7) is 0.506. The van der Waals surface area contributed by atoms with E-state index < -0.39 is 0 Å². The van der Waals surface area contributed by atoms with E-state index in [0.717, 1.165) is 40.5 Å². The average molecular weight is 449 g/mol. The maximum Gasteiger partial charge on any atom is 0.275 e. The van der Waals surface area contributed by atoms with Crippen LogP contribution < -0.4 is 16.4 Å². The van der Waals surface area contributed by atoms with Gasteiger partial charge in [-0.05, 0) is 55.3 Å². The number of hydrogen-bond donors (Lipinski definition) is 4. The molecule has 3 heterocycles.